The number of nitrogens with one attached hydrogen (secondary N) is 1. The minimum atomic E-state index is -1.12. The van der Waals surface area contributed by atoms with Gasteiger partial charge in [-0.25, -0.2) is 4.79 Å². The van der Waals surface area contributed by atoms with Crippen molar-refractivity contribution in [1.29, 1.82) is 0 Å². The maximum Gasteiger partial charge on any atom is 0.326 e. The molecule has 1 fully saturated rings. The molecule has 0 aliphatic carbocycles. The number of amides is 2. The van der Waals surface area contributed by atoms with E-state index in [1.165, 1.54) is 4.90 Å². The second kappa shape index (κ2) is 9.23. The highest BCUT2D eigenvalue weighted by atomic mass is 16.5. The molecule has 7 heteroatoms. The van der Waals surface area contributed by atoms with Crippen LogP contribution in [0.5, 0.6) is 5.75 Å². The van der Waals surface area contributed by atoms with Crippen LogP contribution in [-0.2, 0) is 27.3 Å². The second-order valence-electron chi connectivity index (χ2n) is 7.01. The van der Waals surface area contributed by atoms with E-state index in [1.54, 1.807) is 31.4 Å². The molecular formula is C22H24N2O5. The van der Waals surface area contributed by atoms with E-state index in [0.717, 1.165) is 11.1 Å². The SMILES string of the molecule is COc1ccc(C[C@H](NC(=O)[C@@H]2CCC(=O)N2Cc2ccccc2)C(=O)O)cc1. The number of hydrogen-bond acceptors (Lipinski definition) is 4. The zero-order valence-corrected chi connectivity index (χ0v) is 16.2. The first-order valence-electron chi connectivity index (χ1n) is 9.47. The standard InChI is InChI=1S/C22H24N2O5/c1-29-17-9-7-15(8-10-17)13-18(22(27)28)23-21(26)19-11-12-20(25)24(19)14-16-5-3-2-4-6-16/h2-10,18-19H,11-14H2,1H3,(H,23,26)(H,27,28)/t18-,19-/m0/s1. The predicted molar refractivity (Wildman–Crippen MR) is 106 cm³/mol. The van der Waals surface area contributed by atoms with E-state index in [0.29, 0.717) is 18.7 Å². The molecular weight excluding hydrogens is 372 g/mol. The smallest absolute Gasteiger partial charge is 0.326 e. The Hall–Kier alpha value is -3.35. The molecule has 1 aliphatic rings. The summed E-state index contributed by atoms with van der Waals surface area (Å²) in [5.74, 6) is -0.984. The summed E-state index contributed by atoms with van der Waals surface area (Å²) in [6.07, 6.45) is 0.804. The van der Waals surface area contributed by atoms with Crippen molar-refractivity contribution in [3.8, 4) is 5.75 Å². The van der Waals surface area contributed by atoms with Gasteiger partial charge in [-0.15, -0.1) is 0 Å². The van der Waals surface area contributed by atoms with Crippen LogP contribution in [0.1, 0.15) is 24.0 Å². The van der Waals surface area contributed by atoms with Gasteiger partial charge in [-0.2, -0.15) is 0 Å². The maximum absolute atomic E-state index is 12.8. The van der Waals surface area contributed by atoms with Crippen LogP contribution < -0.4 is 10.1 Å². The molecule has 2 amide bonds. The minimum absolute atomic E-state index is 0.101. The lowest BCUT2D eigenvalue weighted by molar-refractivity contribution is -0.143. The third-order valence-corrected chi connectivity index (χ3v) is 5.04. The molecule has 0 bridgehead atoms. The first kappa shape index (κ1) is 20.4. The fourth-order valence-corrected chi connectivity index (χ4v) is 3.45. The van der Waals surface area contributed by atoms with Crippen LogP contribution in [0.4, 0.5) is 0 Å². The molecule has 2 atom stereocenters. The van der Waals surface area contributed by atoms with Crippen molar-refractivity contribution in [1.82, 2.24) is 10.2 Å². The van der Waals surface area contributed by atoms with Gasteiger partial charge in [0, 0.05) is 19.4 Å². The third-order valence-electron chi connectivity index (χ3n) is 5.04. The average Bonchev–Trinajstić information content (AvgIpc) is 3.09. The zero-order valence-electron chi connectivity index (χ0n) is 16.2. The van der Waals surface area contributed by atoms with Crippen molar-refractivity contribution in [2.45, 2.75) is 37.9 Å². The van der Waals surface area contributed by atoms with Crippen LogP contribution in [0, 0.1) is 0 Å². The van der Waals surface area contributed by atoms with Gasteiger partial charge in [0.05, 0.1) is 7.11 Å². The van der Waals surface area contributed by atoms with Gasteiger partial charge in [-0.1, -0.05) is 42.5 Å². The van der Waals surface area contributed by atoms with Crippen LogP contribution in [-0.4, -0.2) is 47.0 Å². The van der Waals surface area contributed by atoms with E-state index >= 15 is 0 Å². The summed E-state index contributed by atoms with van der Waals surface area (Å²) in [5, 5.41) is 12.2. The van der Waals surface area contributed by atoms with Crippen molar-refractivity contribution >= 4 is 17.8 Å². The van der Waals surface area contributed by atoms with Gasteiger partial charge in [0.25, 0.3) is 0 Å². The molecule has 7 nitrogen and oxygen atoms in total. The van der Waals surface area contributed by atoms with Crippen molar-refractivity contribution in [2.24, 2.45) is 0 Å². The number of nitrogens with zero attached hydrogens (tertiary/aromatic N) is 1. The van der Waals surface area contributed by atoms with Gasteiger partial charge in [0.1, 0.15) is 17.8 Å². The first-order chi connectivity index (χ1) is 14.0. The van der Waals surface area contributed by atoms with Gasteiger partial charge in [0.2, 0.25) is 11.8 Å². The number of carbonyl (C=O) groups excluding carboxylic acids is 2. The largest absolute Gasteiger partial charge is 0.497 e. The van der Waals surface area contributed by atoms with E-state index < -0.39 is 24.0 Å². The summed E-state index contributed by atoms with van der Waals surface area (Å²) in [6, 6.07) is 14.7. The van der Waals surface area contributed by atoms with Crippen LogP contribution in [0.3, 0.4) is 0 Å². The summed E-state index contributed by atoms with van der Waals surface area (Å²) in [7, 11) is 1.55. The molecule has 0 saturated carbocycles. The molecule has 29 heavy (non-hydrogen) atoms. The molecule has 0 aromatic heterocycles. The van der Waals surface area contributed by atoms with E-state index in [2.05, 4.69) is 5.32 Å². The number of ether oxygens (including phenoxy) is 1. The van der Waals surface area contributed by atoms with Crippen LogP contribution in [0.25, 0.3) is 0 Å². The number of carboxylic acid groups (broad SMARTS) is 1. The highest BCUT2D eigenvalue weighted by Gasteiger charge is 2.37. The molecule has 0 unspecified atom stereocenters. The average molecular weight is 396 g/mol. The zero-order chi connectivity index (χ0) is 20.8. The Bertz CT molecular complexity index is 867. The molecule has 3 rings (SSSR count). The van der Waals surface area contributed by atoms with E-state index in [4.69, 9.17) is 4.74 Å². The summed E-state index contributed by atoms with van der Waals surface area (Å²) in [6.45, 7) is 0.327. The third kappa shape index (κ3) is 5.13. The Morgan fingerprint density at radius 3 is 2.45 bits per heavy atom. The Morgan fingerprint density at radius 1 is 1.14 bits per heavy atom. The van der Waals surface area contributed by atoms with Crippen LogP contribution in [0.15, 0.2) is 54.6 Å². The lowest BCUT2D eigenvalue weighted by Crippen LogP contribution is -2.50. The molecule has 2 aromatic carbocycles. The number of benzene rings is 2. The Morgan fingerprint density at radius 2 is 1.83 bits per heavy atom. The molecule has 152 valence electrons. The molecule has 0 spiro atoms. The van der Waals surface area contributed by atoms with Gasteiger partial charge in [-0.05, 0) is 29.7 Å². The molecule has 1 saturated heterocycles. The van der Waals surface area contributed by atoms with Gasteiger partial charge in [-0.3, -0.25) is 9.59 Å². The number of carboxylic acids is 1. The van der Waals surface area contributed by atoms with Gasteiger partial charge in [0.15, 0.2) is 0 Å². The summed E-state index contributed by atoms with van der Waals surface area (Å²) < 4.78 is 5.10. The number of aliphatic carboxylic acids is 1. The lowest BCUT2D eigenvalue weighted by atomic mass is 10.0. The van der Waals surface area contributed by atoms with Crippen LogP contribution >= 0.6 is 0 Å². The predicted octanol–water partition coefficient (Wildman–Crippen LogP) is 2.00. The normalized spacial score (nSPS) is 17.1. The second-order valence-corrected chi connectivity index (χ2v) is 7.01. The maximum atomic E-state index is 12.8. The minimum Gasteiger partial charge on any atom is -0.497 e. The monoisotopic (exact) mass is 396 g/mol. The summed E-state index contributed by atoms with van der Waals surface area (Å²) in [5.41, 5.74) is 1.69. The fraction of sp³-hybridized carbons (Fsp3) is 0.318. The quantitative estimate of drug-likeness (QED) is 0.712. The lowest BCUT2D eigenvalue weighted by Gasteiger charge is -2.25. The molecule has 2 N–H and O–H groups in total. The van der Waals surface area contributed by atoms with E-state index in [1.807, 2.05) is 30.3 Å². The number of likely N-dealkylation sites (tertiary alicyclic amines) is 1. The highest BCUT2D eigenvalue weighted by molar-refractivity contribution is 5.93. The van der Waals surface area contributed by atoms with E-state index in [-0.39, 0.29) is 18.7 Å². The first-order valence-corrected chi connectivity index (χ1v) is 9.47. The Labute approximate surface area is 169 Å². The number of methoxy groups -OCH3 is 1. The topological polar surface area (TPSA) is 95.9 Å². The molecule has 0 radical (unpaired) electrons. The number of hydrogen-bond donors (Lipinski definition) is 2. The van der Waals surface area contributed by atoms with Crippen molar-refractivity contribution in [3.05, 3.63) is 65.7 Å². The molecule has 1 heterocycles. The van der Waals surface area contributed by atoms with Gasteiger partial charge >= 0.3 is 5.97 Å². The Balaban J connectivity index is 1.67. The fourth-order valence-electron chi connectivity index (χ4n) is 3.45. The van der Waals surface area contributed by atoms with Crippen LogP contribution in [0.2, 0.25) is 0 Å². The highest BCUT2D eigenvalue weighted by Crippen LogP contribution is 2.22. The molecule has 1 aliphatic heterocycles. The molecule has 2 aromatic rings. The Kier molecular flexibility index (Phi) is 6.49. The van der Waals surface area contributed by atoms with Crippen molar-refractivity contribution in [2.75, 3.05) is 7.11 Å². The van der Waals surface area contributed by atoms with Gasteiger partial charge < -0.3 is 20.1 Å². The van der Waals surface area contributed by atoms with Crippen molar-refractivity contribution in [3.63, 3.8) is 0 Å². The number of carbonyl (C=O) groups is 3. The summed E-state index contributed by atoms with van der Waals surface area (Å²) in [4.78, 5) is 38.3. The summed E-state index contributed by atoms with van der Waals surface area (Å²) >= 11 is 0. The van der Waals surface area contributed by atoms with Crippen molar-refractivity contribution < 1.29 is 24.2 Å². The van der Waals surface area contributed by atoms with E-state index in [9.17, 15) is 19.5 Å². The number of rotatable bonds is 8.